The van der Waals surface area contributed by atoms with Gasteiger partial charge in [0.2, 0.25) is 0 Å². The number of nitrogen functional groups attached to an aromatic ring is 1. The maximum atomic E-state index is 10.2. The molecule has 1 aromatic rings. The molecule has 0 bridgehead atoms. The van der Waals surface area contributed by atoms with E-state index >= 15 is 0 Å². The molecule has 0 radical (unpaired) electrons. The van der Waals surface area contributed by atoms with E-state index < -0.39 is 5.97 Å². The summed E-state index contributed by atoms with van der Waals surface area (Å²) < 4.78 is 0. The standard InChI is InChI=1S/C11H11NO2/c1-7-8(2)10(12)5-3-9(7)4-6-11(13)14/h3,5H,12H2,1-2H3,(H,13,14). The van der Waals surface area contributed by atoms with Crippen molar-refractivity contribution in [2.75, 3.05) is 5.73 Å². The molecule has 3 N–H and O–H groups in total. The van der Waals surface area contributed by atoms with Crippen molar-refractivity contribution < 1.29 is 9.90 Å². The zero-order chi connectivity index (χ0) is 10.7. The SMILES string of the molecule is Cc1c(N)ccc(C#CC(=O)O)c1C. The first-order valence-corrected chi connectivity index (χ1v) is 4.13. The lowest BCUT2D eigenvalue weighted by molar-refractivity contribution is -0.130. The second-order valence-corrected chi connectivity index (χ2v) is 3.01. The Kier molecular flexibility index (Phi) is 2.78. The van der Waals surface area contributed by atoms with E-state index in [0.717, 1.165) is 11.1 Å². The average Bonchev–Trinajstić information content (AvgIpc) is 2.13. The molecule has 0 aliphatic heterocycles. The number of carbonyl (C=O) groups is 1. The van der Waals surface area contributed by atoms with E-state index in [1.54, 1.807) is 12.1 Å². The summed E-state index contributed by atoms with van der Waals surface area (Å²) in [6.07, 6.45) is 0. The second-order valence-electron chi connectivity index (χ2n) is 3.01. The van der Waals surface area contributed by atoms with Crippen LogP contribution >= 0.6 is 0 Å². The number of rotatable bonds is 0. The van der Waals surface area contributed by atoms with Gasteiger partial charge in [0.15, 0.2) is 0 Å². The van der Waals surface area contributed by atoms with Crippen LogP contribution in [0.5, 0.6) is 0 Å². The van der Waals surface area contributed by atoms with Gasteiger partial charge in [-0.05, 0) is 37.1 Å². The number of carboxylic acid groups (broad SMARTS) is 1. The summed E-state index contributed by atoms with van der Waals surface area (Å²) in [5.74, 6) is 3.52. The maximum Gasteiger partial charge on any atom is 0.382 e. The van der Waals surface area contributed by atoms with Gasteiger partial charge in [0.1, 0.15) is 0 Å². The summed E-state index contributed by atoms with van der Waals surface area (Å²) in [6, 6.07) is 3.46. The van der Waals surface area contributed by atoms with Gasteiger partial charge < -0.3 is 10.8 Å². The van der Waals surface area contributed by atoms with Crippen LogP contribution in [0.25, 0.3) is 0 Å². The van der Waals surface area contributed by atoms with Crippen molar-refractivity contribution in [1.82, 2.24) is 0 Å². The summed E-state index contributed by atoms with van der Waals surface area (Å²) in [4.78, 5) is 10.2. The predicted molar refractivity (Wildman–Crippen MR) is 54.8 cm³/mol. The quantitative estimate of drug-likeness (QED) is 0.478. The number of benzene rings is 1. The topological polar surface area (TPSA) is 63.3 Å². The number of hydrogen-bond acceptors (Lipinski definition) is 2. The summed E-state index contributed by atoms with van der Waals surface area (Å²) >= 11 is 0. The smallest absolute Gasteiger partial charge is 0.382 e. The monoisotopic (exact) mass is 189 g/mol. The normalized spacial score (nSPS) is 9.00. The molecule has 72 valence electrons. The van der Waals surface area contributed by atoms with Gasteiger partial charge in [-0.25, -0.2) is 4.79 Å². The zero-order valence-electron chi connectivity index (χ0n) is 8.09. The van der Waals surface area contributed by atoms with E-state index in [0.29, 0.717) is 11.3 Å². The van der Waals surface area contributed by atoms with Gasteiger partial charge in [0.25, 0.3) is 0 Å². The van der Waals surface area contributed by atoms with E-state index in [2.05, 4.69) is 11.8 Å². The Morgan fingerprint density at radius 1 is 1.36 bits per heavy atom. The molecule has 0 spiro atoms. The third-order valence-corrected chi connectivity index (χ3v) is 2.13. The molecule has 0 saturated carbocycles. The van der Waals surface area contributed by atoms with E-state index in [1.807, 2.05) is 13.8 Å². The van der Waals surface area contributed by atoms with Gasteiger partial charge in [-0.1, -0.05) is 5.92 Å². The molecule has 3 heteroatoms. The third-order valence-electron chi connectivity index (χ3n) is 2.13. The fourth-order valence-electron chi connectivity index (χ4n) is 1.10. The Bertz CT molecular complexity index is 439. The largest absolute Gasteiger partial charge is 0.472 e. The highest BCUT2D eigenvalue weighted by Crippen LogP contribution is 2.18. The Morgan fingerprint density at radius 2 is 2.00 bits per heavy atom. The summed E-state index contributed by atoms with van der Waals surface area (Å²) in [5, 5.41) is 8.39. The lowest BCUT2D eigenvalue weighted by Crippen LogP contribution is -1.95. The molecular weight excluding hydrogens is 178 g/mol. The molecule has 1 aromatic carbocycles. The predicted octanol–water partition coefficient (Wildman–Crippen LogP) is 1.32. The van der Waals surface area contributed by atoms with Crippen molar-refractivity contribution in [1.29, 1.82) is 0 Å². The van der Waals surface area contributed by atoms with Gasteiger partial charge in [-0.3, -0.25) is 0 Å². The molecule has 14 heavy (non-hydrogen) atoms. The number of anilines is 1. The minimum absolute atomic E-state index is 0.698. The number of nitrogens with two attached hydrogens (primary N) is 1. The molecular formula is C11H11NO2. The first-order valence-electron chi connectivity index (χ1n) is 4.13. The lowest BCUT2D eigenvalue weighted by Gasteiger charge is -2.05. The molecule has 0 aromatic heterocycles. The van der Waals surface area contributed by atoms with Crippen molar-refractivity contribution in [3.63, 3.8) is 0 Å². The van der Waals surface area contributed by atoms with Crippen LogP contribution in [0.1, 0.15) is 16.7 Å². The molecule has 0 fully saturated rings. The van der Waals surface area contributed by atoms with Crippen molar-refractivity contribution in [2.24, 2.45) is 0 Å². The summed E-state index contributed by atoms with van der Waals surface area (Å²) in [5.41, 5.74) is 8.96. The van der Waals surface area contributed by atoms with Crippen LogP contribution in [-0.4, -0.2) is 11.1 Å². The zero-order valence-corrected chi connectivity index (χ0v) is 8.09. The summed E-state index contributed by atoms with van der Waals surface area (Å²) in [7, 11) is 0. The number of aliphatic carboxylic acids is 1. The van der Waals surface area contributed by atoms with Crippen LogP contribution in [-0.2, 0) is 4.79 Å². The fourth-order valence-corrected chi connectivity index (χ4v) is 1.10. The van der Waals surface area contributed by atoms with E-state index in [4.69, 9.17) is 10.8 Å². The Labute approximate surface area is 82.6 Å². The average molecular weight is 189 g/mol. The molecule has 0 heterocycles. The first-order chi connectivity index (χ1) is 6.52. The van der Waals surface area contributed by atoms with Gasteiger partial charge in [-0.15, -0.1) is 0 Å². The van der Waals surface area contributed by atoms with Crippen LogP contribution < -0.4 is 5.73 Å². The lowest BCUT2D eigenvalue weighted by atomic mass is 10.0. The van der Waals surface area contributed by atoms with E-state index in [9.17, 15) is 4.79 Å². The number of hydrogen-bond donors (Lipinski definition) is 2. The highest BCUT2D eigenvalue weighted by molar-refractivity contribution is 5.87. The van der Waals surface area contributed by atoms with Crippen LogP contribution in [0, 0.1) is 25.7 Å². The van der Waals surface area contributed by atoms with Gasteiger partial charge in [-0.2, -0.15) is 0 Å². The van der Waals surface area contributed by atoms with Gasteiger partial charge in [0.05, 0.1) is 0 Å². The van der Waals surface area contributed by atoms with Crippen LogP contribution in [0.3, 0.4) is 0 Å². The molecule has 1 rings (SSSR count). The van der Waals surface area contributed by atoms with Crippen LogP contribution in [0.15, 0.2) is 12.1 Å². The Morgan fingerprint density at radius 3 is 2.57 bits per heavy atom. The summed E-state index contributed by atoms with van der Waals surface area (Å²) in [6.45, 7) is 3.76. The molecule has 0 aliphatic rings. The minimum Gasteiger partial charge on any atom is -0.472 e. The van der Waals surface area contributed by atoms with Crippen molar-refractivity contribution in [3.8, 4) is 11.8 Å². The van der Waals surface area contributed by atoms with Crippen molar-refractivity contribution >= 4 is 11.7 Å². The van der Waals surface area contributed by atoms with E-state index in [-0.39, 0.29) is 0 Å². The van der Waals surface area contributed by atoms with Gasteiger partial charge in [0, 0.05) is 17.2 Å². The minimum atomic E-state index is -1.13. The molecule has 0 atom stereocenters. The highest BCUT2D eigenvalue weighted by Gasteiger charge is 2.01. The molecule has 0 amide bonds. The Balaban J connectivity index is 3.20. The van der Waals surface area contributed by atoms with Gasteiger partial charge >= 0.3 is 5.97 Å². The van der Waals surface area contributed by atoms with Crippen molar-refractivity contribution in [3.05, 3.63) is 28.8 Å². The third kappa shape index (κ3) is 2.05. The molecule has 0 saturated heterocycles. The van der Waals surface area contributed by atoms with E-state index in [1.165, 1.54) is 0 Å². The first kappa shape index (κ1) is 10.1. The highest BCUT2D eigenvalue weighted by atomic mass is 16.4. The molecule has 0 aliphatic carbocycles. The molecule has 0 unspecified atom stereocenters. The second kappa shape index (κ2) is 3.84. The molecule has 3 nitrogen and oxygen atoms in total. The maximum absolute atomic E-state index is 10.2. The van der Waals surface area contributed by atoms with Crippen LogP contribution in [0.4, 0.5) is 5.69 Å². The van der Waals surface area contributed by atoms with Crippen LogP contribution in [0.2, 0.25) is 0 Å². The van der Waals surface area contributed by atoms with Crippen molar-refractivity contribution in [2.45, 2.75) is 13.8 Å². The fraction of sp³-hybridized carbons (Fsp3) is 0.182. The Hall–Kier alpha value is -1.95. The number of carboxylic acids is 1.